The van der Waals surface area contributed by atoms with E-state index in [4.69, 9.17) is 0 Å². The Morgan fingerprint density at radius 2 is 1.76 bits per heavy atom. The zero-order chi connectivity index (χ0) is 20.2. The van der Waals surface area contributed by atoms with Crippen LogP contribution < -0.4 is 10.6 Å². The minimum atomic E-state index is -0.202. The van der Waals surface area contributed by atoms with E-state index in [0.29, 0.717) is 22.3 Å². The molecule has 0 saturated carbocycles. The van der Waals surface area contributed by atoms with E-state index in [9.17, 15) is 4.79 Å². The number of thiazole rings is 1. The van der Waals surface area contributed by atoms with E-state index in [1.807, 2.05) is 67.8 Å². The third-order valence-electron chi connectivity index (χ3n) is 4.14. The van der Waals surface area contributed by atoms with Crippen molar-refractivity contribution in [3.63, 3.8) is 0 Å². The normalized spacial score (nSPS) is 10.6. The maximum atomic E-state index is 12.5. The van der Waals surface area contributed by atoms with Crippen LogP contribution in [0.2, 0.25) is 0 Å². The zero-order valence-corrected chi connectivity index (χ0v) is 16.8. The van der Waals surface area contributed by atoms with Crippen molar-refractivity contribution >= 4 is 33.9 Å². The molecule has 2 heterocycles. The van der Waals surface area contributed by atoms with Crippen LogP contribution in [0.15, 0.2) is 66.0 Å². The number of carbonyl (C=O) groups is 1. The van der Waals surface area contributed by atoms with E-state index < -0.39 is 0 Å². The number of anilines is 3. The van der Waals surface area contributed by atoms with Gasteiger partial charge in [0.15, 0.2) is 5.13 Å². The van der Waals surface area contributed by atoms with Crippen LogP contribution >= 0.6 is 11.3 Å². The molecule has 0 aliphatic rings. The molecule has 1 amide bonds. The lowest BCUT2D eigenvalue weighted by Crippen LogP contribution is -2.12. The number of hydrogen-bond donors (Lipinski definition) is 2. The van der Waals surface area contributed by atoms with Gasteiger partial charge in [-0.3, -0.25) is 10.1 Å². The molecular formula is C22H19N5OS. The summed E-state index contributed by atoms with van der Waals surface area (Å²) < 4.78 is 0. The van der Waals surface area contributed by atoms with E-state index in [1.54, 1.807) is 12.1 Å². The molecule has 2 N–H and O–H groups in total. The Morgan fingerprint density at radius 1 is 0.931 bits per heavy atom. The molecule has 0 radical (unpaired) electrons. The minimum absolute atomic E-state index is 0.202. The van der Waals surface area contributed by atoms with Gasteiger partial charge in [0.05, 0.1) is 11.4 Å². The molecule has 4 rings (SSSR count). The molecule has 2 aromatic carbocycles. The SMILES string of the molecule is Cc1csc(NC(=O)c2cccc(Nc3cc(-c4ccccc4)nc(C)n3)c2)n1. The Balaban J connectivity index is 1.55. The number of aryl methyl sites for hydroxylation is 2. The third-order valence-corrected chi connectivity index (χ3v) is 5.02. The summed E-state index contributed by atoms with van der Waals surface area (Å²) in [6.07, 6.45) is 0. The number of nitrogens with one attached hydrogen (secondary N) is 2. The number of hydrogen-bond acceptors (Lipinski definition) is 6. The Kier molecular flexibility index (Phi) is 5.31. The summed E-state index contributed by atoms with van der Waals surface area (Å²) in [5.41, 5.74) is 4.05. The highest BCUT2D eigenvalue weighted by molar-refractivity contribution is 7.13. The van der Waals surface area contributed by atoms with Crippen LogP contribution in [-0.4, -0.2) is 20.9 Å². The Bertz CT molecular complexity index is 1160. The first-order valence-corrected chi connectivity index (χ1v) is 9.96. The predicted octanol–water partition coefficient (Wildman–Crippen LogP) is 5.21. The standard InChI is InChI=1S/C22H19N5OS/c1-14-13-29-22(23-14)27-21(28)17-9-6-10-18(11-17)26-20-12-19(24-15(2)25-20)16-7-4-3-5-8-16/h3-13H,1-2H3,(H,23,27,28)(H,24,25,26). The fourth-order valence-corrected chi connectivity index (χ4v) is 3.54. The average molecular weight is 401 g/mol. The van der Waals surface area contributed by atoms with E-state index in [2.05, 4.69) is 25.6 Å². The van der Waals surface area contributed by atoms with Gasteiger partial charge in [-0.15, -0.1) is 11.3 Å². The van der Waals surface area contributed by atoms with Gasteiger partial charge in [-0.05, 0) is 32.0 Å². The molecule has 0 saturated heterocycles. The van der Waals surface area contributed by atoms with Crippen molar-refractivity contribution < 1.29 is 4.79 Å². The fraction of sp³-hybridized carbons (Fsp3) is 0.0909. The number of nitrogens with zero attached hydrogens (tertiary/aromatic N) is 3. The van der Waals surface area contributed by atoms with Crippen molar-refractivity contribution in [2.24, 2.45) is 0 Å². The quantitative estimate of drug-likeness (QED) is 0.480. The second-order valence-electron chi connectivity index (χ2n) is 6.51. The van der Waals surface area contributed by atoms with Crippen LogP contribution in [0, 0.1) is 13.8 Å². The summed E-state index contributed by atoms with van der Waals surface area (Å²) in [5.74, 6) is 1.14. The van der Waals surface area contributed by atoms with E-state index in [0.717, 1.165) is 22.6 Å². The number of carbonyl (C=O) groups excluding carboxylic acids is 1. The molecule has 4 aromatic rings. The van der Waals surface area contributed by atoms with Crippen LogP contribution in [-0.2, 0) is 0 Å². The van der Waals surface area contributed by atoms with Gasteiger partial charge in [-0.1, -0.05) is 36.4 Å². The molecule has 0 spiro atoms. The summed E-state index contributed by atoms with van der Waals surface area (Å²) >= 11 is 1.40. The topological polar surface area (TPSA) is 79.8 Å². The molecule has 0 bridgehead atoms. The fourth-order valence-electron chi connectivity index (χ4n) is 2.86. The lowest BCUT2D eigenvalue weighted by molar-refractivity contribution is 0.102. The first-order chi connectivity index (χ1) is 14.1. The van der Waals surface area contributed by atoms with Crippen LogP contribution in [0.1, 0.15) is 21.9 Å². The second kappa shape index (κ2) is 8.20. The van der Waals surface area contributed by atoms with Crippen LogP contribution in [0.5, 0.6) is 0 Å². The molecule has 6 nitrogen and oxygen atoms in total. The lowest BCUT2D eigenvalue weighted by atomic mass is 10.1. The number of aromatic nitrogens is 3. The highest BCUT2D eigenvalue weighted by atomic mass is 32.1. The predicted molar refractivity (Wildman–Crippen MR) is 117 cm³/mol. The molecule has 144 valence electrons. The van der Waals surface area contributed by atoms with E-state index >= 15 is 0 Å². The van der Waals surface area contributed by atoms with Crippen molar-refractivity contribution in [1.29, 1.82) is 0 Å². The summed E-state index contributed by atoms with van der Waals surface area (Å²) in [6, 6.07) is 19.1. The largest absolute Gasteiger partial charge is 0.340 e. The molecule has 0 unspecified atom stereocenters. The Hall–Kier alpha value is -3.58. The molecule has 29 heavy (non-hydrogen) atoms. The number of amides is 1. The van der Waals surface area contributed by atoms with Gasteiger partial charge in [0, 0.05) is 28.3 Å². The highest BCUT2D eigenvalue weighted by Crippen LogP contribution is 2.23. The maximum Gasteiger partial charge on any atom is 0.257 e. The molecule has 0 atom stereocenters. The van der Waals surface area contributed by atoms with Gasteiger partial charge in [-0.2, -0.15) is 0 Å². The molecule has 7 heteroatoms. The number of rotatable bonds is 5. The van der Waals surface area contributed by atoms with Gasteiger partial charge in [0.1, 0.15) is 11.6 Å². The maximum absolute atomic E-state index is 12.5. The summed E-state index contributed by atoms with van der Waals surface area (Å²) in [6.45, 7) is 3.75. The molecule has 0 aliphatic heterocycles. The summed E-state index contributed by atoms with van der Waals surface area (Å²) in [7, 11) is 0. The van der Waals surface area contributed by atoms with Gasteiger partial charge in [-0.25, -0.2) is 15.0 Å². The molecule has 0 aliphatic carbocycles. The summed E-state index contributed by atoms with van der Waals surface area (Å²) in [4.78, 5) is 25.8. The van der Waals surface area contributed by atoms with Crippen molar-refractivity contribution in [3.05, 3.63) is 83.1 Å². The van der Waals surface area contributed by atoms with Crippen LogP contribution in [0.25, 0.3) is 11.3 Å². The van der Waals surface area contributed by atoms with Crippen molar-refractivity contribution in [2.45, 2.75) is 13.8 Å². The first-order valence-electron chi connectivity index (χ1n) is 9.08. The minimum Gasteiger partial charge on any atom is -0.340 e. The molecular weight excluding hydrogens is 382 g/mol. The molecule has 2 aromatic heterocycles. The van der Waals surface area contributed by atoms with Crippen LogP contribution in [0.3, 0.4) is 0 Å². The van der Waals surface area contributed by atoms with Gasteiger partial charge < -0.3 is 5.32 Å². The monoisotopic (exact) mass is 401 g/mol. The van der Waals surface area contributed by atoms with Crippen molar-refractivity contribution in [1.82, 2.24) is 15.0 Å². The smallest absolute Gasteiger partial charge is 0.257 e. The van der Waals surface area contributed by atoms with E-state index in [1.165, 1.54) is 11.3 Å². The third kappa shape index (κ3) is 4.64. The number of benzene rings is 2. The summed E-state index contributed by atoms with van der Waals surface area (Å²) in [5, 5.41) is 8.58. The van der Waals surface area contributed by atoms with Crippen molar-refractivity contribution in [3.8, 4) is 11.3 Å². The van der Waals surface area contributed by atoms with Gasteiger partial charge in [0.25, 0.3) is 5.91 Å². The lowest BCUT2D eigenvalue weighted by Gasteiger charge is -2.10. The molecule has 0 fully saturated rings. The zero-order valence-electron chi connectivity index (χ0n) is 16.0. The second-order valence-corrected chi connectivity index (χ2v) is 7.36. The van der Waals surface area contributed by atoms with E-state index in [-0.39, 0.29) is 5.91 Å². The van der Waals surface area contributed by atoms with Crippen LogP contribution in [0.4, 0.5) is 16.6 Å². The Morgan fingerprint density at radius 3 is 2.52 bits per heavy atom. The highest BCUT2D eigenvalue weighted by Gasteiger charge is 2.10. The first kappa shape index (κ1) is 18.8. The van der Waals surface area contributed by atoms with Gasteiger partial charge in [0.2, 0.25) is 0 Å². The average Bonchev–Trinajstić information content (AvgIpc) is 3.13. The van der Waals surface area contributed by atoms with Crippen molar-refractivity contribution in [2.75, 3.05) is 10.6 Å². The van der Waals surface area contributed by atoms with Gasteiger partial charge >= 0.3 is 0 Å². The Labute approximate surface area is 172 Å².